The topological polar surface area (TPSA) is 47.0 Å². The maximum absolute atomic E-state index is 6.86. The van der Waals surface area contributed by atoms with E-state index in [0.29, 0.717) is 23.3 Å². The number of nitrogens with zero attached hydrogens (tertiary/aromatic N) is 3. The average molecular weight is 931 g/mol. The number of aromatic nitrogens is 1. The molecule has 2 atom stereocenters. The van der Waals surface area contributed by atoms with Gasteiger partial charge < -0.3 is 14.4 Å². The fourth-order valence-corrected chi connectivity index (χ4v) is 8.83. The van der Waals surface area contributed by atoms with E-state index < -0.39 is 0 Å². The van der Waals surface area contributed by atoms with Gasteiger partial charge in [-0.25, -0.2) is 4.98 Å². The van der Waals surface area contributed by atoms with Gasteiger partial charge in [0.15, 0.2) is 0 Å². The third kappa shape index (κ3) is 7.59. The van der Waals surface area contributed by atoms with Crippen LogP contribution >= 0.6 is 0 Å². The Morgan fingerprint density at radius 1 is 0.737 bits per heavy atom. The van der Waals surface area contributed by atoms with E-state index in [1.807, 2.05) is 18.3 Å². The van der Waals surface area contributed by atoms with Gasteiger partial charge in [-0.15, -0.1) is 23.8 Å². The van der Waals surface area contributed by atoms with Crippen molar-refractivity contribution < 1.29 is 30.5 Å². The summed E-state index contributed by atoms with van der Waals surface area (Å²) in [6, 6.07) is 49.7. The van der Waals surface area contributed by atoms with Gasteiger partial charge >= 0.3 is 21.1 Å². The minimum Gasteiger partial charge on any atom is -0.510 e. The summed E-state index contributed by atoms with van der Waals surface area (Å²) in [6.45, 7) is 11.3. The summed E-state index contributed by atoms with van der Waals surface area (Å²) in [7, 11) is 0. The van der Waals surface area contributed by atoms with Crippen LogP contribution in [-0.2, 0) is 36.6 Å². The molecular formula is C51H49N3O2Pt. The third-order valence-corrected chi connectivity index (χ3v) is 11.9. The molecule has 290 valence electrons. The van der Waals surface area contributed by atoms with Crippen molar-refractivity contribution in [1.82, 2.24) is 4.98 Å². The van der Waals surface area contributed by atoms with Crippen LogP contribution in [0.25, 0.3) is 11.1 Å². The number of anilines is 3. The maximum Gasteiger partial charge on any atom is 2.00 e. The Kier molecular flexibility index (Phi) is 10.7. The van der Waals surface area contributed by atoms with Gasteiger partial charge in [-0.05, 0) is 70.0 Å². The number of ether oxygens (including phenoxy) is 2. The molecule has 1 aliphatic carbocycles. The molecule has 0 saturated heterocycles. The van der Waals surface area contributed by atoms with Crippen molar-refractivity contribution in [1.29, 1.82) is 0 Å². The van der Waals surface area contributed by atoms with E-state index in [1.54, 1.807) is 0 Å². The minimum atomic E-state index is -0.270. The van der Waals surface area contributed by atoms with Crippen LogP contribution in [0.4, 0.5) is 17.2 Å². The number of pyridine rings is 1. The molecule has 0 amide bonds. The molecule has 57 heavy (non-hydrogen) atoms. The smallest absolute Gasteiger partial charge is 0.510 e. The number of hydrogen-bond donors (Lipinski definition) is 0. The zero-order chi connectivity index (χ0) is 38.4. The van der Waals surface area contributed by atoms with Crippen LogP contribution in [0.1, 0.15) is 101 Å². The van der Waals surface area contributed by atoms with Crippen molar-refractivity contribution in [2.24, 2.45) is 10.9 Å². The molecule has 3 aliphatic rings. The molecule has 3 heterocycles. The largest absolute Gasteiger partial charge is 2.00 e. The molecule has 0 unspecified atom stereocenters. The first kappa shape index (κ1) is 38.9. The first-order valence-electron chi connectivity index (χ1n) is 20.2. The second-order valence-corrected chi connectivity index (χ2v) is 17.1. The fraction of sp³-hybridized carbons (Fsp3) is 0.294. The molecule has 6 heteroatoms. The number of rotatable bonds is 7. The Balaban J connectivity index is 0.00000455. The van der Waals surface area contributed by atoms with E-state index in [0.717, 1.165) is 45.0 Å². The number of hydrogen-bond acceptors (Lipinski definition) is 5. The summed E-state index contributed by atoms with van der Waals surface area (Å²) in [5.41, 5.74) is 9.37. The van der Waals surface area contributed by atoms with Gasteiger partial charge in [0, 0.05) is 23.4 Å². The molecule has 2 aliphatic heterocycles. The van der Waals surface area contributed by atoms with Crippen molar-refractivity contribution in [3.63, 3.8) is 0 Å². The van der Waals surface area contributed by atoms with Gasteiger partial charge in [-0.1, -0.05) is 162 Å². The number of fused-ring (bicyclic) bond motifs is 2. The molecule has 0 bridgehead atoms. The van der Waals surface area contributed by atoms with E-state index in [-0.39, 0.29) is 44.0 Å². The van der Waals surface area contributed by atoms with E-state index in [1.165, 1.54) is 43.2 Å². The summed E-state index contributed by atoms with van der Waals surface area (Å²) >= 11 is 0. The zero-order valence-electron chi connectivity index (χ0n) is 33.4. The van der Waals surface area contributed by atoms with Crippen molar-refractivity contribution in [2.75, 3.05) is 4.90 Å². The average Bonchev–Trinajstić information content (AvgIpc) is 3.68. The van der Waals surface area contributed by atoms with Crippen LogP contribution in [0.3, 0.4) is 0 Å². The van der Waals surface area contributed by atoms with E-state index >= 15 is 0 Å². The summed E-state index contributed by atoms with van der Waals surface area (Å²) in [5, 5.41) is 0. The van der Waals surface area contributed by atoms with Crippen LogP contribution in [0.2, 0.25) is 0 Å². The van der Waals surface area contributed by atoms with Crippen LogP contribution in [0.5, 0.6) is 11.5 Å². The molecule has 1 fully saturated rings. The molecule has 1 saturated carbocycles. The normalized spacial score (nSPS) is 18.8. The van der Waals surface area contributed by atoms with Crippen LogP contribution in [0, 0.1) is 18.1 Å². The Morgan fingerprint density at radius 2 is 1.46 bits per heavy atom. The summed E-state index contributed by atoms with van der Waals surface area (Å²) in [6.07, 6.45) is 7.93. The molecule has 0 radical (unpaired) electrons. The Bertz CT molecular complexity index is 2400. The molecule has 0 N–H and O–H groups in total. The van der Waals surface area contributed by atoms with Gasteiger partial charge in [-0.2, -0.15) is 6.07 Å². The fourth-order valence-electron chi connectivity index (χ4n) is 8.83. The Hall–Kier alpha value is -4.99. The Labute approximate surface area is 352 Å². The van der Waals surface area contributed by atoms with Crippen LogP contribution in [0.15, 0.2) is 133 Å². The first-order valence-corrected chi connectivity index (χ1v) is 20.2. The van der Waals surface area contributed by atoms with Crippen LogP contribution in [-0.4, -0.2) is 16.9 Å². The molecule has 6 aromatic rings. The SMILES string of the molecule is CC(C)(C)c1ccnc(N2c3[c-]c(Oc4[c-]c(C5=N[C@H](C6CCCCC6)[C@@H](c6ccccc6)O5)cc(-c5ccccc5)c4)ccc3C(C)(C)c3ccccc32)c1.[Pt+2]. The predicted molar refractivity (Wildman–Crippen MR) is 227 cm³/mol. The van der Waals surface area contributed by atoms with E-state index in [4.69, 9.17) is 19.5 Å². The molecule has 5 nitrogen and oxygen atoms in total. The maximum atomic E-state index is 6.86. The van der Waals surface area contributed by atoms with Crippen molar-refractivity contribution in [2.45, 2.75) is 89.7 Å². The van der Waals surface area contributed by atoms with Gasteiger partial charge in [-0.3, -0.25) is 4.99 Å². The standard InChI is InChI=1S/C51H49N3O2.Pt/c1-50(2,3)39-27-28-52-46(32-39)54-44-24-16-15-23-42(44)51(4,5)43-26-25-40(33-45(43)54)55-41-30-37(34-17-9-6-10-18-34)29-38(31-41)49-53-47(35-19-11-7-12-20-35)48(56-49)36-21-13-8-14-22-36;/h6,8-10,13-18,21-30,32,35,47-48H,7,11-12,19-20H2,1-5H3;/q-2;+2/t47-,48-;/m1./s1. The number of benzene rings is 5. The predicted octanol–water partition coefficient (Wildman–Crippen LogP) is 13.0. The van der Waals surface area contributed by atoms with E-state index in [9.17, 15) is 0 Å². The zero-order valence-corrected chi connectivity index (χ0v) is 35.6. The van der Waals surface area contributed by atoms with Crippen molar-refractivity contribution >= 4 is 23.1 Å². The monoisotopic (exact) mass is 930 g/mol. The molecule has 9 rings (SSSR count). The summed E-state index contributed by atoms with van der Waals surface area (Å²) in [4.78, 5) is 12.5. The van der Waals surface area contributed by atoms with E-state index in [2.05, 4.69) is 161 Å². The molecular weight excluding hydrogens is 882 g/mol. The number of para-hydroxylation sites is 1. The molecule has 5 aromatic carbocycles. The number of aliphatic imine (C=N–C) groups is 1. The van der Waals surface area contributed by atoms with Gasteiger partial charge in [0.2, 0.25) is 0 Å². The molecule has 1 aromatic heterocycles. The third-order valence-electron chi connectivity index (χ3n) is 11.9. The minimum absolute atomic E-state index is 0. The van der Waals surface area contributed by atoms with Gasteiger partial charge in [0.25, 0.3) is 0 Å². The summed E-state index contributed by atoms with van der Waals surface area (Å²) < 4.78 is 13.7. The molecule has 0 spiro atoms. The second kappa shape index (κ2) is 15.7. The van der Waals surface area contributed by atoms with Crippen molar-refractivity contribution in [3.05, 3.63) is 167 Å². The van der Waals surface area contributed by atoms with Gasteiger partial charge in [0.1, 0.15) is 17.8 Å². The quantitative estimate of drug-likeness (QED) is 0.150. The summed E-state index contributed by atoms with van der Waals surface area (Å²) in [5.74, 6) is 3.14. The van der Waals surface area contributed by atoms with Crippen molar-refractivity contribution in [3.8, 4) is 22.6 Å². The Morgan fingerprint density at radius 3 is 2.21 bits per heavy atom. The van der Waals surface area contributed by atoms with Gasteiger partial charge in [0.05, 0.1) is 6.04 Å². The first-order chi connectivity index (χ1) is 27.1. The van der Waals surface area contributed by atoms with Crippen LogP contribution < -0.4 is 9.64 Å². The second-order valence-electron chi connectivity index (χ2n) is 17.1.